The number of benzene rings is 1. The van der Waals surface area contributed by atoms with Crippen LogP contribution in [0.4, 0.5) is 11.4 Å². The van der Waals surface area contributed by atoms with Crippen molar-refractivity contribution in [2.45, 2.75) is 20.8 Å². The minimum absolute atomic E-state index is 0.177. The zero-order valence-corrected chi connectivity index (χ0v) is 11.3. The Kier molecular flexibility index (Phi) is 3.51. The summed E-state index contributed by atoms with van der Waals surface area (Å²) in [7, 11) is 0. The molecule has 1 aromatic carbocycles. The lowest BCUT2D eigenvalue weighted by Crippen LogP contribution is -2.14. The van der Waals surface area contributed by atoms with Gasteiger partial charge in [-0.25, -0.2) is 0 Å². The molecule has 4 heteroatoms. The molecule has 19 heavy (non-hydrogen) atoms. The van der Waals surface area contributed by atoms with E-state index in [0.717, 1.165) is 22.5 Å². The van der Waals surface area contributed by atoms with Gasteiger partial charge in [-0.1, -0.05) is 6.07 Å². The van der Waals surface area contributed by atoms with Crippen LogP contribution in [-0.4, -0.2) is 10.9 Å². The third-order valence-electron chi connectivity index (χ3n) is 3.13. The molecule has 3 N–H and O–H groups in total. The molecule has 0 saturated heterocycles. The molecule has 1 amide bonds. The summed E-state index contributed by atoms with van der Waals surface area (Å²) in [4.78, 5) is 16.3. The summed E-state index contributed by atoms with van der Waals surface area (Å²) in [5.74, 6) is -0.177. The number of carbonyl (C=O) groups is 1. The molecule has 98 valence electrons. The van der Waals surface area contributed by atoms with Crippen LogP contribution in [0.15, 0.2) is 30.5 Å². The van der Waals surface area contributed by atoms with E-state index in [2.05, 4.69) is 10.3 Å². The second kappa shape index (κ2) is 5.10. The normalized spacial score (nSPS) is 10.3. The van der Waals surface area contributed by atoms with Gasteiger partial charge in [0.25, 0.3) is 5.91 Å². The smallest absolute Gasteiger partial charge is 0.257 e. The fourth-order valence-corrected chi connectivity index (χ4v) is 1.84. The first-order valence-electron chi connectivity index (χ1n) is 6.08. The highest BCUT2D eigenvalue weighted by atomic mass is 16.1. The van der Waals surface area contributed by atoms with Crippen LogP contribution < -0.4 is 11.1 Å². The number of hydrogen-bond acceptors (Lipinski definition) is 3. The molecule has 0 atom stereocenters. The summed E-state index contributed by atoms with van der Waals surface area (Å²) < 4.78 is 0. The van der Waals surface area contributed by atoms with E-state index in [9.17, 15) is 4.79 Å². The molecule has 0 unspecified atom stereocenters. The third kappa shape index (κ3) is 2.73. The average molecular weight is 255 g/mol. The van der Waals surface area contributed by atoms with Crippen molar-refractivity contribution in [1.82, 2.24) is 4.98 Å². The van der Waals surface area contributed by atoms with Gasteiger partial charge in [-0.15, -0.1) is 0 Å². The number of amides is 1. The molecule has 0 saturated carbocycles. The molecule has 0 spiro atoms. The zero-order valence-electron chi connectivity index (χ0n) is 11.3. The highest BCUT2D eigenvalue weighted by molar-refractivity contribution is 6.05. The average Bonchev–Trinajstić information content (AvgIpc) is 2.40. The number of nitrogens with two attached hydrogens (primary N) is 1. The molecule has 0 aliphatic heterocycles. The van der Waals surface area contributed by atoms with Crippen molar-refractivity contribution in [1.29, 1.82) is 0 Å². The number of hydrogen-bond donors (Lipinski definition) is 2. The van der Waals surface area contributed by atoms with E-state index in [0.29, 0.717) is 11.3 Å². The second-order valence-electron chi connectivity index (χ2n) is 4.61. The van der Waals surface area contributed by atoms with Crippen molar-refractivity contribution in [3.8, 4) is 0 Å². The maximum atomic E-state index is 12.1. The van der Waals surface area contributed by atoms with E-state index < -0.39 is 0 Å². The summed E-state index contributed by atoms with van der Waals surface area (Å²) in [5.41, 5.74) is 10.6. The van der Waals surface area contributed by atoms with Crippen molar-refractivity contribution >= 4 is 17.3 Å². The Morgan fingerprint density at radius 3 is 2.53 bits per heavy atom. The van der Waals surface area contributed by atoms with E-state index in [1.54, 1.807) is 12.3 Å². The maximum Gasteiger partial charge on any atom is 0.257 e. The first-order valence-corrected chi connectivity index (χ1v) is 6.08. The zero-order chi connectivity index (χ0) is 14.0. The number of aromatic nitrogens is 1. The monoisotopic (exact) mass is 255 g/mol. The Bertz CT molecular complexity index is 618. The molecular formula is C15H17N3O. The molecule has 1 aromatic heterocycles. The van der Waals surface area contributed by atoms with E-state index in [1.165, 1.54) is 0 Å². The van der Waals surface area contributed by atoms with Gasteiger partial charge in [0.15, 0.2) is 0 Å². The molecule has 0 aliphatic carbocycles. The molecular weight excluding hydrogens is 238 g/mol. The summed E-state index contributed by atoms with van der Waals surface area (Å²) in [5, 5.41) is 2.90. The van der Waals surface area contributed by atoms with Crippen molar-refractivity contribution in [3.05, 3.63) is 52.8 Å². The minimum Gasteiger partial charge on any atom is -0.398 e. The van der Waals surface area contributed by atoms with Crippen molar-refractivity contribution in [2.75, 3.05) is 11.1 Å². The Balaban J connectivity index is 2.29. The van der Waals surface area contributed by atoms with Crippen LogP contribution >= 0.6 is 0 Å². The fourth-order valence-electron chi connectivity index (χ4n) is 1.84. The molecule has 0 aliphatic rings. The first kappa shape index (κ1) is 13.1. The molecule has 1 heterocycles. The Labute approximate surface area is 112 Å². The largest absolute Gasteiger partial charge is 0.398 e. The van der Waals surface area contributed by atoms with Gasteiger partial charge in [0.1, 0.15) is 0 Å². The van der Waals surface area contributed by atoms with Crippen molar-refractivity contribution < 1.29 is 4.79 Å². The third-order valence-corrected chi connectivity index (χ3v) is 3.13. The van der Waals surface area contributed by atoms with Gasteiger partial charge in [-0.2, -0.15) is 0 Å². The molecule has 2 rings (SSSR count). The highest BCUT2D eigenvalue weighted by Gasteiger charge is 2.11. The van der Waals surface area contributed by atoms with Crippen LogP contribution in [0.2, 0.25) is 0 Å². The standard InChI is InChI=1S/C15H17N3O/c1-9-4-7-13(16)11(3)14(9)18-15(19)12-6-5-10(2)17-8-12/h4-8H,16H2,1-3H3,(H,18,19). The van der Waals surface area contributed by atoms with Crippen LogP contribution in [-0.2, 0) is 0 Å². The van der Waals surface area contributed by atoms with Crippen LogP contribution in [0, 0.1) is 20.8 Å². The predicted octanol–water partition coefficient (Wildman–Crippen LogP) is 2.84. The first-order chi connectivity index (χ1) is 8.99. The molecule has 0 radical (unpaired) electrons. The molecule has 4 nitrogen and oxygen atoms in total. The number of nitrogens with one attached hydrogen (secondary N) is 1. The van der Waals surface area contributed by atoms with Gasteiger partial charge >= 0.3 is 0 Å². The molecule has 0 fully saturated rings. The van der Waals surface area contributed by atoms with E-state index in [4.69, 9.17) is 5.73 Å². The van der Waals surface area contributed by atoms with Crippen LogP contribution in [0.3, 0.4) is 0 Å². The van der Waals surface area contributed by atoms with Crippen LogP contribution in [0.5, 0.6) is 0 Å². The fraction of sp³-hybridized carbons (Fsp3) is 0.200. The van der Waals surface area contributed by atoms with Gasteiger partial charge in [0, 0.05) is 23.3 Å². The van der Waals surface area contributed by atoms with Crippen molar-refractivity contribution in [2.24, 2.45) is 0 Å². The predicted molar refractivity (Wildman–Crippen MR) is 77.3 cm³/mol. The van der Waals surface area contributed by atoms with Gasteiger partial charge in [-0.3, -0.25) is 9.78 Å². The number of aryl methyl sites for hydroxylation is 2. The van der Waals surface area contributed by atoms with E-state index >= 15 is 0 Å². The number of nitrogens with zero attached hydrogens (tertiary/aromatic N) is 1. The van der Waals surface area contributed by atoms with Crippen LogP contribution in [0.25, 0.3) is 0 Å². The lowest BCUT2D eigenvalue weighted by Gasteiger charge is -2.13. The highest BCUT2D eigenvalue weighted by Crippen LogP contribution is 2.25. The van der Waals surface area contributed by atoms with Gasteiger partial charge < -0.3 is 11.1 Å². The van der Waals surface area contributed by atoms with Gasteiger partial charge in [-0.05, 0) is 50.1 Å². The van der Waals surface area contributed by atoms with Gasteiger partial charge in [0.05, 0.1) is 5.56 Å². The number of anilines is 2. The minimum atomic E-state index is -0.177. The summed E-state index contributed by atoms with van der Waals surface area (Å²) in [6, 6.07) is 7.31. The van der Waals surface area contributed by atoms with Gasteiger partial charge in [0.2, 0.25) is 0 Å². The molecule has 0 bridgehead atoms. The number of rotatable bonds is 2. The summed E-state index contributed by atoms with van der Waals surface area (Å²) in [6.07, 6.45) is 1.57. The summed E-state index contributed by atoms with van der Waals surface area (Å²) in [6.45, 7) is 5.72. The number of nitrogen functional groups attached to an aromatic ring is 1. The Morgan fingerprint density at radius 2 is 1.89 bits per heavy atom. The lowest BCUT2D eigenvalue weighted by atomic mass is 10.1. The van der Waals surface area contributed by atoms with Crippen LogP contribution in [0.1, 0.15) is 27.2 Å². The van der Waals surface area contributed by atoms with E-state index in [1.807, 2.05) is 39.0 Å². The number of pyridine rings is 1. The topological polar surface area (TPSA) is 68.0 Å². The maximum absolute atomic E-state index is 12.1. The number of carbonyl (C=O) groups excluding carboxylic acids is 1. The molecule has 2 aromatic rings. The van der Waals surface area contributed by atoms with E-state index in [-0.39, 0.29) is 5.91 Å². The summed E-state index contributed by atoms with van der Waals surface area (Å²) >= 11 is 0. The Hall–Kier alpha value is -2.36. The quantitative estimate of drug-likeness (QED) is 0.811. The Morgan fingerprint density at radius 1 is 1.16 bits per heavy atom. The van der Waals surface area contributed by atoms with Crippen molar-refractivity contribution in [3.63, 3.8) is 0 Å². The second-order valence-corrected chi connectivity index (χ2v) is 4.61. The lowest BCUT2D eigenvalue weighted by molar-refractivity contribution is 0.102. The SMILES string of the molecule is Cc1ccc(C(=O)Nc2c(C)ccc(N)c2C)cn1.